The van der Waals surface area contributed by atoms with E-state index in [-0.39, 0.29) is 11.7 Å². The zero-order chi connectivity index (χ0) is 20.1. The number of phenols is 1. The van der Waals surface area contributed by atoms with Crippen LogP contribution >= 0.6 is 0 Å². The van der Waals surface area contributed by atoms with Crippen molar-refractivity contribution in [1.82, 2.24) is 10.2 Å². The molecule has 28 heavy (non-hydrogen) atoms. The third-order valence-corrected chi connectivity index (χ3v) is 4.11. The summed E-state index contributed by atoms with van der Waals surface area (Å²) in [6, 6.07) is 14.0. The summed E-state index contributed by atoms with van der Waals surface area (Å²) in [6.07, 6.45) is 0.402. The molecule has 2 amide bonds. The summed E-state index contributed by atoms with van der Waals surface area (Å²) in [6.45, 7) is 1.86. The average molecular weight is 379 g/mol. The highest BCUT2D eigenvalue weighted by atomic mass is 16.3. The van der Waals surface area contributed by atoms with Gasteiger partial charge in [0.1, 0.15) is 11.3 Å². The zero-order valence-corrected chi connectivity index (χ0v) is 15.3. The van der Waals surface area contributed by atoms with Crippen molar-refractivity contribution < 1.29 is 14.7 Å². The van der Waals surface area contributed by atoms with E-state index in [4.69, 9.17) is 5.73 Å². The maximum Gasteiger partial charge on any atom is 0.254 e. The topological polar surface area (TPSA) is 133 Å². The Balaban J connectivity index is 1.78. The number of rotatable bonds is 7. The number of anilines is 2. The molecule has 8 nitrogen and oxygen atoms in total. The predicted octanol–water partition coefficient (Wildman–Crippen LogP) is 2.38. The van der Waals surface area contributed by atoms with Crippen LogP contribution in [-0.2, 0) is 17.8 Å². The van der Waals surface area contributed by atoms with E-state index >= 15 is 0 Å². The Morgan fingerprint density at radius 2 is 1.89 bits per heavy atom. The van der Waals surface area contributed by atoms with Crippen LogP contribution in [0.5, 0.6) is 5.75 Å². The smallest absolute Gasteiger partial charge is 0.254 e. The number of nitrogens with two attached hydrogens (primary N) is 1. The van der Waals surface area contributed by atoms with Crippen molar-refractivity contribution in [3.63, 3.8) is 0 Å². The zero-order valence-electron chi connectivity index (χ0n) is 15.3. The fraction of sp³-hybridized carbons (Fsp3) is 0.150. The second-order valence-electron chi connectivity index (χ2n) is 6.37. The molecule has 0 spiro atoms. The molecule has 1 aromatic heterocycles. The van der Waals surface area contributed by atoms with Crippen LogP contribution in [0.2, 0.25) is 0 Å². The van der Waals surface area contributed by atoms with Gasteiger partial charge in [0.25, 0.3) is 5.91 Å². The Hall–Kier alpha value is -3.81. The fourth-order valence-electron chi connectivity index (χ4n) is 2.87. The molecule has 0 unspecified atom stereocenters. The Morgan fingerprint density at radius 3 is 2.57 bits per heavy atom. The lowest BCUT2D eigenvalue weighted by atomic mass is 10.1. The molecule has 0 fully saturated rings. The second-order valence-corrected chi connectivity index (χ2v) is 6.37. The molecule has 1 heterocycles. The predicted molar refractivity (Wildman–Crippen MR) is 106 cm³/mol. The summed E-state index contributed by atoms with van der Waals surface area (Å²) in [5, 5.41) is 22.2. The minimum absolute atomic E-state index is 0.155. The van der Waals surface area contributed by atoms with Gasteiger partial charge in [-0.2, -0.15) is 5.10 Å². The van der Waals surface area contributed by atoms with E-state index in [0.717, 1.165) is 11.1 Å². The maximum atomic E-state index is 12.0. The summed E-state index contributed by atoms with van der Waals surface area (Å²) < 4.78 is 0. The van der Waals surface area contributed by atoms with Crippen LogP contribution < -0.4 is 16.4 Å². The molecule has 144 valence electrons. The van der Waals surface area contributed by atoms with Crippen LogP contribution in [0.1, 0.15) is 34.1 Å². The average Bonchev–Trinajstić information content (AvgIpc) is 3.04. The fourth-order valence-corrected chi connectivity index (χ4v) is 2.87. The molecule has 0 atom stereocenters. The van der Waals surface area contributed by atoms with E-state index in [2.05, 4.69) is 20.8 Å². The highest BCUT2D eigenvalue weighted by Crippen LogP contribution is 2.22. The first-order valence-electron chi connectivity index (χ1n) is 8.67. The highest BCUT2D eigenvalue weighted by Gasteiger charge is 2.18. The van der Waals surface area contributed by atoms with E-state index in [1.165, 1.54) is 6.92 Å². The molecule has 0 aliphatic carbocycles. The van der Waals surface area contributed by atoms with Gasteiger partial charge < -0.3 is 21.5 Å². The van der Waals surface area contributed by atoms with Crippen molar-refractivity contribution in [3.8, 4) is 5.75 Å². The third kappa shape index (κ3) is 4.67. The lowest BCUT2D eigenvalue weighted by Crippen LogP contribution is -2.15. The number of primary amides is 1. The molecule has 0 radical (unpaired) electrons. The number of amides is 2. The third-order valence-electron chi connectivity index (χ3n) is 4.11. The standard InChI is InChI=1S/C20H21N5O3/c1-12(26)23-15-4-2-3-14(9-15)10-17-18(19(21)28)20(25-24-17)22-11-13-5-7-16(27)8-6-13/h2-9,27H,10-11H2,1H3,(H2,21,28)(H,23,26)(H2,22,24,25). The van der Waals surface area contributed by atoms with Crippen molar-refractivity contribution in [3.05, 3.63) is 70.9 Å². The number of nitrogens with one attached hydrogen (secondary N) is 3. The normalized spacial score (nSPS) is 10.5. The first kappa shape index (κ1) is 19.0. The Bertz CT molecular complexity index is 995. The maximum absolute atomic E-state index is 12.0. The summed E-state index contributed by atoms with van der Waals surface area (Å²) in [4.78, 5) is 23.2. The van der Waals surface area contributed by atoms with E-state index in [1.54, 1.807) is 30.3 Å². The number of aromatic hydroxyl groups is 1. The highest BCUT2D eigenvalue weighted by molar-refractivity contribution is 5.99. The quantitative estimate of drug-likeness (QED) is 0.430. The van der Waals surface area contributed by atoms with Crippen molar-refractivity contribution in [1.29, 1.82) is 0 Å². The van der Waals surface area contributed by atoms with E-state index < -0.39 is 5.91 Å². The molecule has 8 heteroatoms. The molecule has 6 N–H and O–H groups in total. The Morgan fingerprint density at radius 1 is 1.14 bits per heavy atom. The van der Waals surface area contributed by atoms with Gasteiger partial charge in [-0.1, -0.05) is 24.3 Å². The van der Waals surface area contributed by atoms with E-state index in [9.17, 15) is 14.7 Å². The largest absolute Gasteiger partial charge is 0.508 e. The molecule has 2 aromatic carbocycles. The number of benzene rings is 2. The molecular weight excluding hydrogens is 358 g/mol. The minimum atomic E-state index is -0.588. The molecule has 0 bridgehead atoms. The number of aromatic amines is 1. The van der Waals surface area contributed by atoms with Crippen LogP contribution in [0.15, 0.2) is 48.5 Å². The summed E-state index contributed by atoms with van der Waals surface area (Å²) in [5.41, 5.74) is 8.93. The number of nitrogens with zero attached hydrogens (tertiary/aromatic N) is 1. The van der Waals surface area contributed by atoms with Gasteiger partial charge in [0, 0.05) is 25.6 Å². The van der Waals surface area contributed by atoms with Gasteiger partial charge in [-0.05, 0) is 35.4 Å². The molecule has 0 aliphatic rings. The number of phenolic OH excluding ortho intramolecular Hbond substituents is 1. The lowest BCUT2D eigenvalue weighted by Gasteiger charge is -2.07. The molecular formula is C20H21N5O3. The summed E-state index contributed by atoms with van der Waals surface area (Å²) in [7, 11) is 0. The first-order chi connectivity index (χ1) is 13.4. The molecule has 0 saturated heterocycles. The summed E-state index contributed by atoms with van der Waals surface area (Å²) in [5.74, 6) is -0.189. The van der Waals surface area contributed by atoms with Crippen molar-refractivity contribution in [2.75, 3.05) is 10.6 Å². The van der Waals surface area contributed by atoms with E-state index in [0.29, 0.717) is 35.7 Å². The van der Waals surface area contributed by atoms with Gasteiger partial charge in [-0.15, -0.1) is 0 Å². The molecule has 3 aromatic rings. The number of H-pyrrole nitrogens is 1. The van der Waals surface area contributed by atoms with Gasteiger partial charge in [-0.3, -0.25) is 14.7 Å². The van der Waals surface area contributed by atoms with Crippen molar-refractivity contribution in [2.45, 2.75) is 19.9 Å². The van der Waals surface area contributed by atoms with Crippen LogP contribution in [-0.4, -0.2) is 27.1 Å². The van der Waals surface area contributed by atoms with Gasteiger partial charge in [-0.25, -0.2) is 0 Å². The van der Waals surface area contributed by atoms with Crippen molar-refractivity contribution in [2.24, 2.45) is 5.73 Å². The van der Waals surface area contributed by atoms with Gasteiger partial charge in [0.2, 0.25) is 5.91 Å². The molecule has 0 saturated carbocycles. The van der Waals surface area contributed by atoms with Crippen LogP contribution in [0, 0.1) is 0 Å². The van der Waals surface area contributed by atoms with Gasteiger partial charge in [0.05, 0.1) is 5.69 Å². The monoisotopic (exact) mass is 379 g/mol. The number of hydrogen-bond acceptors (Lipinski definition) is 5. The van der Waals surface area contributed by atoms with Gasteiger partial charge >= 0.3 is 0 Å². The first-order valence-corrected chi connectivity index (χ1v) is 8.67. The number of aromatic nitrogens is 2. The second kappa shape index (κ2) is 8.26. The molecule has 3 rings (SSSR count). The number of carbonyl (C=O) groups is 2. The summed E-state index contributed by atoms with van der Waals surface area (Å²) >= 11 is 0. The van der Waals surface area contributed by atoms with Crippen LogP contribution in [0.3, 0.4) is 0 Å². The Kier molecular flexibility index (Phi) is 5.59. The van der Waals surface area contributed by atoms with Gasteiger partial charge in [0.15, 0.2) is 5.82 Å². The Labute approximate surface area is 161 Å². The number of carbonyl (C=O) groups excluding carboxylic acids is 2. The van der Waals surface area contributed by atoms with E-state index in [1.807, 2.05) is 18.2 Å². The van der Waals surface area contributed by atoms with Crippen LogP contribution in [0.25, 0.3) is 0 Å². The minimum Gasteiger partial charge on any atom is -0.508 e. The number of hydrogen-bond donors (Lipinski definition) is 5. The lowest BCUT2D eigenvalue weighted by molar-refractivity contribution is -0.114. The van der Waals surface area contributed by atoms with Crippen molar-refractivity contribution >= 4 is 23.3 Å². The molecule has 0 aliphatic heterocycles. The van der Waals surface area contributed by atoms with Crippen LogP contribution in [0.4, 0.5) is 11.5 Å². The SMILES string of the molecule is CC(=O)Nc1cccc(Cc2[nH]nc(NCc3ccc(O)cc3)c2C(N)=O)c1.